The number of nitrogens with one attached hydrogen (secondary N) is 3. The Morgan fingerprint density at radius 3 is 2.71 bits per heavy atom. The molecule has 5 heterocycles. The molecule has 6 rings (SSSR count). The molecule has 0 unspecified atom stereocenters. The molecule has 1 aromatic carbocycles. The lowest BCUT2D eigenvalue weighted by Crippen LogP contribution is -2.44. The van der Waals surface area contributed by atoms with Crippen LogP contribution in [0.25, 0.3) is 21.5 Å². The van der Waals surface area contributed by atoms with Crippen LogP contribution < -0.4 is 15.0 Å². The zero-order valence-electron chi connectivity index (χ0n) is 19.6. The molecule has 10 heteroatoms. The molecular weight excluding hydrogens is 460 g/mol. The molecule has 1 fully saturated rings. The van der Waals surface area contributed by atoms with Gasteiger partial charge in [0.05, 0.1) is 10.6 Å². The van der Waals surface area contributed by atoms with Crippen molar-refractivity contribution in [1.29, 1.82) is 0 Å². The monoisotopic (exact) mass is 486 g/mol. The third kappa shape index (κ3) is 4.71. The van der Waals surface area contributed by atoms with Gasteiger partial charge in [-0.3, -0.25) is 5.10 Å². The number of fused-ring (bicyclic) bond motifs is 1. The highest BCUT2D eigenvalue weighted by atomic mass is 32.1. The normalized spacial score (nSPS) is 14.5. The van der Waals surface area contributed by atoms with Gasteiger partial charge in [0.2, 0.25) is 0 Å². The summed E-state index contributed by atoms with van der Waals surface area (Å²) in [6.45, 7) is 5.80. The molecule has 178 valence electrons. The maximum absolute atomic E-state index is 6.15. The molecule has 1 aliphatic rings. The largest absolute Gasteiger partial charge is 0.424 e. The van der Waals surface area contributed by atoms with E-state index in [0.29, 0.717) is 23.4 Å². The van der Waals surface area contributed by atoms with Gasteiger partial charge < -0.3 is 24.8 Å². The predicted octanol–water partition coefficient (Wildman–Crippen LogP) is 5.01. The second-order valence-electron chi connectivity index (χ2n) is 8.76. The van der Waals surface area contributed by atoms with Gasteiger partial charge in [0.25, 0.3) is 0 Å². The summed E-state index contributed by atoms with van der Waals surface area (Å²) in [6.07, 6.45) is 0. The summed E-state index contributed by atoms with van der Waals surface area (Å²) >= 11 is 1.67. The van der Waals surface area contributed by atoms with Crippen LogP contribution in [0.4, 0.5) is 17.5 Å². The highest BCUT2D eigenvalue weighted by Crippen LogP contribution is 2.29. The average molecular weight is 487 g/mol. The minimum Gasteiger partial charge on any atom is -0.424 e. The summed E-state index contributed by atoms with van der Waals surface area (Å²) in [5.41, 5.74) is 3.14. The third-order valence-corrected chi connectivity index (χ3v) is 6.98. The second-order valence-corrected chi connectivity index (χ2v) is 9.70. The van der Waals surface area contributed by atoms with Crippen molar-refractivity contribution >= 4 is 39.7 Å². The van der Waals surface area contributed by atoms with Gasteiger partial charge in [-0.25, -0.2) is 0 Å². The fourth-order valence-corrected chi connectivity index (χ4v) is 4.91. The number of likely N-dealkylation sites (N-methyl/N-ethyl adjacent to an activating group) is 1. The van der Waals surface area contributed by atoms with Crippen LogP contribution in [0.3, 0.4) is 0 Å². The van der Waals surface area contributed by atoms with Gasteiger partial charge in [-0.1, -0.05) is 6.07 Å². The Morgan fingerprint density at radius 1 is 1.00 bits per heavy atom. The summed E-state index contributed by atoms with van der Waals surface area (Å²) in [7, 11) is 2.14. The Hall–Kier alpha value is -3.89. The van der Waals surface area contributed by atoms with Gasteiger partial charge in [0, 0.05) is 54.9 Å². The van der Waals surface area contributed by atoms with Crippen molar-refractivity contribution in [2.75, 3.05) is 43.4 Å². The van der Waals surface area contributed by atoms with Gasteiger partial charge in [-0.15, -0.1) is 11.3 Å². The number of piperazine rings is 1. The number of aryl methyl sites for hydroxylation is 1. The number of nitrogens with zero attached hydrogens (tertiary/aromatic N) is 5. The molecule has 4 aromatic heterocycles. The van der Waals surface area contributed by atoms with E-state index in [4.69, 9.17) is 9.72 Å². The lowest BCUT2D eigenvalue weighted by Gasteiger charge is -2.33. The Balaban J connectivity index is 1.30. The van der Waals surface area contributed by atoms with E-state index in [1.807, 2.05) is 48.7 Å². The van der Waals surface area contributed by atoms with E-state index >= 15 is 0 Å². The SMILES string of the molecule is Cc1cc2cc(Oc3nc(Nc4cc(-c5cccs5)[nH]n4)cc(N4CCN(C)CC4)n3)ccc2[nH]1. The first-order valence-electron chi connectivity index (χ1n) is 11.6. The van der Waals surface area contributed by atoms with Crippen molar-refractivity contribution in [2.45, 2.75) is 6.92 Å². The Kier molecular flexibility index (Phi) is 5.59. The Labute approximate surface area is 206 Å². The molecule has 0 spiro atoms. The number of benzene rings is 1. The van der Waals surface area contributed by atoms with Crippen molar-refractivity contribution in [3.05, 3.63) is 59.6 Å². The lowest BCUT2D eigenvalue weighted by atomic mass is 10.2. The molecule has 35 heavy (non-hydrogen) atoms. The predicted molar refractivity (Wildman–Crippen MR) is 140 cm³/mol. The van der Waals surface area contributed by atoms with Gasteiger partial charge in [0.1, 0.15) is 17.4 Å². The second kappa shape index (κ2) is 9.05. The first-order valence-corrected chi connectivity index (χ1v) is 12.4. The molecule has 1 aliphatic heterocycles. The number of hydrogen-bond donors (Lipinski definition) is 3. The van der Waals surface area contributed by atoms with Crippen LogP contribution in [0.5, 0.6) is 11.8 Å². The minimum absolute atomic E-state index is 0.296. The molecule has 3 N–H and O–H groups in total. The molecule has 9 nitrogen and oxygen atoms in total. The minimum atomic E-state index is 0.296. The number of thiophene rings is 1. The third-order valence-electron chi connectivity index (χ3n) is 6.08. The number of hydrogen-bond acceptors (Lipinski definition) is 8. The van der Waals surface area contributed by atoms with Crippen molar-refractivity contribution < 1.29 is 4.74 Å². The number of rotatable bonds is 6. The molecule has 0 saturated carbocycles. The molecule has 1 saturated heterocycles. The molecular formula is C25H26N8OS. The lowest BCUT2D eigenvalue weighted by molar-refractivity contribution is 0.311. The number of aromatic amines is 2. The summed E-state index contributed by atoms with van der Waals surface area (Å²) < 4.78 is 6.15. The van der Waals surface area contributed by atoms with Crippen LogP contribution in [-0.2, 0) is 0 Å². The fraction of sp³-hybridized carbons (Fsp3) is 0.240. The molecule has 0 bridgehead atoms. The summed E-state index contributed by atoms with van der Waals surface area (Å²) in [6, 6.07) is 16.4. The topological polar surface area (TPSA) is 98.0 Å². The van der Waals surface area contributed by atoms with Crippen LogP contribution in [0.2, 0.25) is 0 Å². The zero-order valence-corrected chi connectivity index (χ0v) is 20.4. The van der Waals surface area contributed by atoms with Crippen molar-refractivity contribution in [3.8, 4) is 22.3 Å². The molecule has 0 amide bonds. The fourth-order valence-electron chi connectivity index (χ4n) is 4.22. The van der Waals surface area contributed by atoms with E-state index in [2.05, 4.69) is 54.5 Å². The molecule has 5 aromatic rings. The van der Waals surface area contributed by atoms with Crippen LogP contribution in [0.1, 0.15) is 5.69 Å². The summed E-state index contributed by atoms with van der Waals surface area (Å²) in [5, 5.41) is 14.0. The highest BCUT2D eigenvalue weighted by Gasteiger charge is 2.18. The quantitative estimate of drug-likeness (QED) is 0.310. The van der Waals surface area contributed by atoms with E-state index in [1.165, 1.54) is 0 Å². The number of ether oxygens (including phenoxy) is 1. The number of aromatic nitrogens is 5. The number of H-pyrrole nitrogens is 2. The van der Waals surface area contributed by atoms with Crippen LogP contribution in [0, 0.1) is 6.92 Å². The van der Waals surface area contributed by atoms with Crippen LogP contribution in [-0.4, -0.2) is 63.3 Å². The zero-order chi connectivity index (χ0) is 23.8. The Bertz CT molecular complexity index is 1450. The first-order chi connectivity index (χ1) is 17.1. The molecule has 0 atom stereocenters. The highest BCUT2D eigenvalue weighted by molar-refractivity contribution is 7.13. The molecule has 0 aliphatic carbocycles. The van der Waals surface area contributed by atoms with Crippen LogP contribution >= 0.6 is 11.3 Å². The van der Waals surface area contributed by atoms with Crippen molar-refractivity contribution in [3.63, 3.8) is 0 Å². The maximum Gasteiger partial charge on any atom is 0.325 e. The first kappa shape index (κ1) is 21.6. The maximum atomic E-state index is 6.15. The van der Waals surface area contributed by atoms with E-state index in [9.17, 15) is 0 Å². The van der Waals surface area contributed by atoms with Crippen molar-refractivity contribution in [1.82, 2.24) is 30.0 Å². The standard InChI is InChI=1S/C25H26N8OS/c1-16-12-17-13-18(5-6-19(17)26-16)34-25-28-22(15-24(29-25)33-9-7-32(2)8-10-33)27-23-14-20(30-31-23)21-4-3-11-35-21/h3-6,11-15,26H,7-10H2,1-2H3,(H2,27,28,29,30,31). The smallest absolute Gasteiger partial charge is 0.325 e. The van der Waals surface area contributed by atoms with Gasteiger partial charge in [0.15, 0.2) is 5.82 Å². The summed E-state index contributed by atoms with van der Waals surface area (Å²) in [4.78, 5) is 18.4. The van der Waals surface area contributed by atoms with E-state index in [-0.39, 0.29) is 0 Å². The van der Waals surface area contributed by atoms with Gasteiger partial charge >= 0.3 is 6.01 Å². The van der Waals surface area contributed by atoms with Gasteiger partial charge in [-0.05, 0) is 49.7 Å². The molecule has 0 radical (unpaired) electrons. The van der Waals surface area contributed by atoms with Gasteiger partial charge in [-0.2, -0.15) is 15.1 Å². The van der Waals surface area contributed by atoms with E-state index in [0.717, 1.165) is 59.2 Å². The van der Waals surface area contributed by atoms with E-state index < -0.39 is 0 Å². The van der Waals surface area contributed by atoms with Crippen molar-refractivity contribution in [2.24, 2.45) is 0 Å². The summed E-state index contributed by atoms with van der Waals surface area (Å²) in [5.74, 6) is 2.84. The Morgan fingerprint density at radius 2 is 1.89 bits per heavy atom. The number of anilines is 3. The average Bonchev–Trinajstić information content (AvgIpc) is 3.59. The van der Waals surface area contributed by atoms with Crippen LogP contribution in [0.15, 0.2) is 53.9 Å². The van der Waals surface area contributed by atoms with E-state index in [1.54, 1.807) is 11.3 Å².